The minimum Gasteiger partial charge on any atom is -0.266 e. The summed E-state index contributed by atoms with van der Waals surface area (Å²) in [5.74, 6) is 1.03. The average Bonchev–Trinajstić information content (AvgIpc) is 2.48. The van der Waals surface area contributed by atoms with Crippen LogP contribution in [0.1, 0.15) is 25.3 Å². The SMILES string of the molecule is CC(C)c1ccnc(-n2ccc3cccnc3c2=O)c1. The van der Waals surface area contributed by atoms with Gasteiger partial charge in [-0.05, 0) is 35.7 Å². The van der Waals surface area contributed by atoms with Crippen LogP contribution in [0.3, 0.4) is 0 Å². The fourth-order valence-corrected chi connectivity index (χ4v) is 2.17. The van der Waals surface area contributed by atoms with Gasteiger partial charge in [0.2, 0.25) is 0 Å². The molecule has 0 aliphatic carbocycles. The highest BCUT2D eigenvalue weighted by Gasteiger charge is 2.07. The second-order valence-corrected chi connectivity index (χ2v) is 5.03. The van der Waals surface area contributed by atoms with Crippen LogP contribution in [-0.2, 0) is 0 Å². The molecule has 0 atom stereocenters. The van der Waals surface area contributed by atoms with Crippen molar-refractivity contribution >= 4 is 10.9 Å². The predicted molar refractivity (Wildman–Crippen MR) is 79.2 cm³/mol. The van der Waals surface area contributed by atoms with Gasteiger partial charge < -0.3 is 0 Å². The molecule has 0 radical (unpaired) electrons. The predicted octanol–water partition coefficient (Wildman–Crippen LogP) is 2.90. The molecule has 0 unspecified atom stereocenters. The van der Waals surface area contributed by atoms with Crippen molar-refractivity contribution in [3.05, 3.63) is 64.8 Å². The molecular formula is C16H15N3O. The zero-order valence-electron chi connectivity index (χ0n) is 11.4. The minimum absolute atomic E-state index is 0.142. The summed E-state index contributed by atoms with van der Waals surface area (Å²) in [7, 11) is 0. The van der Waals surface area contributed by atoms with E-state index in [1.807, 2.05) is 30.3 Å². The molecule has 0 aliphatic rings. The number of hydrogen-bond donors (Lipinski definition) is 0. The van der Waals surface area contributed by atoms with E-state index in [0.717, 1.165) is 10.9 Å². The Bertz CT molecular complexity index is 821. The molecule has 0 saturated carbocycles. The van der Waals surface area contributed by atoms with Crippen LogP contribution >= 0.6 is 0 Å². The minimum atomic E-state index is -0.142. The highest BCUT2D eigenvalue weighted by Crippen LogP contribution is 2.16. The zero-order chi connectivity index (χ0) is 14.1. The fourth-order valence-electron chi connectivity index (χ4n) is 2.17. The first kappa shape index (κ1) is 12.5. The van der Waals surface area contributed by atoms with Gasteiger partial charge in [-0.15, -0.1) is 0 Å². The van der Waals surface area contributed by atoms with E-state index in [1.54, 1.807) is 23.2 Å². The highest BCUT2D eigenvalue weighted by molar-refractivity contribution is 5.77. The third-order valence-electron chi connectivity index (χ3n) is 3.35. The van der Waals surface area contributed by atoms with E-state index in [0.29, 0.717) is 17.3 Å². The second kappa shape index (κ2) is 4.89. The lowest BCUT2D eigenvalue weighted by Crippen LogP contribution is -2.19. The van der Waals surface area contributed by atoms with Gasteiger partial charge in [0.15, 0.2) is 0 Å². The molecular weight excluding hydrogens is 250 g/mol. The van der Waals surface area contributed by atoms with Crippen molar-refractivity contribution in [2.24, 2.45) is 0 Å². The maximum Gasteiger partial charge on any atom is 0.282 e. The Labute approximate surface area is 116 Å². The molecule has 0 aromatic carbocycles. The van der Waals surface area contributed by atoms with Crippen LogP contribution in [0, 0.1) is 0 Å². The van der Waals surface area contributed by atoms with Crippen molar-refractivity contribution in [2.75, 3.05) is 0 Å². The monoisotopic (exact) mass is 265 g/mol. The Morgan fingerprint density at radius 2 is 1.95 bits per heavy atom. The van der Waals surface area contributed by atoms with Gasteiger partial charge in [0.05, 0.1) is 0 Å². The van der Waals surface area contributed by atoms with E-state index in [2.05, 4.69) is 23.8 Å². The Hall–Kier alpha value is -2.49. The molecule has 3 rings (SSSR count). The summed E-state index contributed by atoms with van der Waals surface area (Å²) in [4.78, 5) is 20.9. The summed E-state index contributed by atoms with van der Waals surface area (Å²) in [5.41, 5.74) is 1.48. The average molecular weight is 265 g/mol. The molecule has 4 nitrogen and oxygen atoms in total. The van der Waals surface area contributed by atoms with Gasteiger partial charge in [0, 0.05) is 24.0 Å². The van der Waals surface area contributed by atoms with Crippen LogP contribution in [0.25, 0.3) is 16.7 Å². The molecule has 0 aliphatic heterocycles. The Kier molecular flexibility index (Phi) is 3.06. The van der Waals surface area contributed by atoms with Crippen LogP contribution in [0.15, 0.2) is 53.7 Å². The number of fused-ring (bicyclic) bond motifs is 1. The Morgan fingerprint density at radius 1 is 1.10 bits per heavy atom. The second-order valence-electron chi connectivity index (χ2n) is 5.03. The third kappa shape index (κ3) is 2.09. The Balaban J connectivity index is 2.22. The topological polar surface area (TPSA) is 47.8 Å². The molecule has 0 spiro atoms. The van der Waals surface area contributed by atoms with E-state index >= 15 is 0 Å². The van der Waals surface area contributed by atoms with Crippen LogP contribution in [0.2, 0.25) is 0 Å². The standard InChI is InChI=1S/C16H15N3O/c1-11(2)13-5-8-17-14(10-13)19-9-6-12-4-3-7-18-15(12)16(19)20/h3-11H,1-2H3. The summed E-state index contributed by atoms with van der Waals surface area (Å²) in [6.07, 6.45) is 5.12. The van der Waals surface area contributed by atoms with Crippen LogP contribution < -0.4 is 5.56 Å². The third-order valence-corrected chi connectivity index (χ3v) is 3.35. The van der Waals surface area contributed by atoms with Crippen molar-refractivity contribution in [1.29, 1.82) is 0 Å². The van der Waals surface area contributed by atoms with E-state index in [1.165, 1.54) is 0 Å². The quantitative estimate of drug-likeness (QED) is 0.715. The maximum absolute atomic E-state index is 12.5. The lowest BCUT2D eigenvalue weighted by atomic mass is 10.1. The van der Waals surface area contributed by atoms with Gasteiger partial charge >= 0.3 is 0 Å². The summed E-state index contributed by atoms with van der Waals surface area (Å²) in [6, 6.07) is 9.50. The number of pyridine rings is 3. The largest absolute Gasteiger partial charge is 0.282 e. The van der Waals surface area contributed by atoms with Crippen LogP contribution in [0.5, 0.6) is 0 Å². The number of aromatic nitrogens is 3. The molecule has 0 fully saturated rings. The van der Waals surface area contributed by atoms with Gasteiger partial charge in [-0.25, -0.2) is 4.98 Å². The summed E-state index contributed by atoms with van der Waals surface area (Å²) < 4.78 is 1.54. The van der Waals surface area contributed by atoms with Gasteiger partial charge in [-0.3, -0.25) is 14.3 Å². The van der Waals surface area contributed by atoms with E-state index in [9.17, 15) is 4.79 Å². The molecule has 0 saturated heterocycles. The first-order valence-electron chi connectivity index (χ1n) is 6.59. The van der Waals surface area contributed by atoms with E-state index in [4.69, 9.17) is 0 Å². The lowest BCUT2D eigenvalue weighted by Gasteiger charge is -2.09. The molecule has 4 heteroatoms. The van der Waals surface area contributed by atoms with Crippen molar-refractivity contribution in [3.63, 3.8) is 0 Å². The molecule has 3 aromatic rings. The molecule has 0 bridgehead atoms. The van der Waals surface area contributed by atoms with Crippen LogP contribution in [0.4, 0.5) is 0 Å². The van der Waals surface area contributed by atoms with Crippen LogP contribution in [-0.4, -0.2) is 14.5 Å². The van der Waals surface area contributed by atoms with Gasteiger partial charge in [0.1, 0.15) is 11.3 Å². The lowest BCUT2D eigenvalue weighted by molar-refractivity contribution is 0.850. The normalized spacial score (nSPS) is 11.2. The smallest absolute Gasteiger partial charge is 0.266 e. The summed E-state index contributed by atoms with van der Waals surface area (Å²) >= 11 is 0. The molecule has 20 heavy (non-hydrogen) atoms. The van der Waals surface area contributed by atoms with E-state index < -0.39 is 0 Å². The number of nitrogens with zero attached hydrogens (tertiary/aromatic N) is 3. The van der Waals surface area contributed by atoms with E-state index in [-0.39, 0.29) is 5.56 Å². The molecule has 0 amide bonds. The van der Waals surface area contributed by atoms with Gasteiger partial charge in [-0.1, -0.05) is 19.9 Å². The molecule has 100 valence electrons. The first-order chi connectivity index (χ1) is 9.66. The molecule has 3 aromatic heterocycles. The van der Waals surface area contributed by atoms with Crippen molar-refractivity contribution < 1.29 is 0 Å². The molecule has 0 N–H and O–H groups in total. The fraction of sp³-hybridized carbons (Fsp3) is 0.188. The molecule has 3 heterocycles. The van der Waals surface area contributed by atoms with Gasteiger partial charge in [0.25, 0.3) is 5.56 Å². The van der Waals surface area contributed by atoms with Gasteiger partial charge in [-0.2, -0.15) is 0 Å². The summed E-state index contributed by atoms with van der Waals surface area (Å²) in [5, 5.41) is 0.841. The summed E-state index contributed by atoms with van der Waals surface area (Å²) in [6.45, 7) is 4.23. The maximum atomic E-state index is 12.5. The van der Waals surface area contributed by atoms with Crippen molar-refractivity contribution in [2.45, 2.75) is 19.8 Å². The first-order valence-corrected chi connectivity index (χ1v) is 6.59. The number of rotatable bonds is 2. The number of hydrogen-bond acceptors (Lipinski definition) is 3. The zero-order valence-corrected chi connectivity index (χ0v) is 11.4. The Morgan fingerprint density at radius 3 is 2.75 bits per heavy atom. The highest BCUT2D eigenvalue weighted by atomic mass is 16.1. The van der Waals surface area contributed by atoms with Crippen molar-refractivity contribution in [3.8, 4) is 5.82 Å². The van der Waals surface area contributed by atoms with Crippen molar-refractivity contribution in [1.82, 2.24) is 14.5 Å².